The van der Waals surface area contributed by atoms with Gasteiger partial charge in [-0.1, -0.05) is 11.6 Å². The summed E-state index contributed by atoms with van der Waals surface area (Å²) in [5.41, 5.74) is -0.833. The summed E-state index contributed by atoms with van der Waals surface area (Å²) < 4.78 is 5.46. The molecular formula is C14H18ClNO4. The van der Waals surface area contributed by atoms with Gasteiger partial charge in [-0.05, 0) is 45.0 Å². The number of hydrogen-bond donors (Lipinski definition) is 2. The molecule has 0 aliphatic rings. The number of nitrogens with one attached hydrogen (secondary N) is 1. The molecule has 0 spiro atoms. The third-order valence-electron chi connectivity index (χ3n) is 2.55. The molecular weight excluding hydrogens is 282 g/mol. The summed E-state index contributed by atoms with van der Waals surface area (Å²) in [7, 11) is 0. The van der Waals surface area contributed by atoms with Gasteiger partial charge in [-0.25, -0.2) is 0 Å². The van der Waals surface area contributed by atoms with E-state index in [1.54, 1.807) is 45.0 Å². The quantitative estimate of drug-likeness (QED) is 0.846. The van der Waals surface area contributed by atoms with Crippen molar-refractivity contribution in [3.63, 3.8) is 0 Å². The molecule has 1 aromatic carbocycles. The monoisotopic (exact) mass is 299 g/mol. The molecule has 1 atom stereocenters. The molecule has 1 aromatic rings. The fourth-order valence-corrected chi connectivity index (χ4v) is 1.75. The first-order valence-corrected chi connectivity index (χ1v) is 6.53. The highest BCUT2D eigenvalue weighted by Gasteiger charge is 2.26. The standard InChI is InChI=1S/C14H18ClNO4/c1-9(20-11-6-4-10(15)5-7-11)13(19)16-14(2,3)8-12(17)18/h4-7,9H,8H2,1-3H3,(H,16,19)(H,17,18). The fourth-order valence-electron chi connectivity index (χ4n) is 1.63. The molecule has 5 nitrogen and oxygen atoms in total. The Bertz CT molecular complexity index is 484. The predicted molar refractivity (Wildman–Crippen MR) is 76.0 cm³/mol. The van der Waals surface area contributed by atoms with Crippen LogP contribution in [-0.2, 0) is 9.59 Å². The number of carboxylic acids is 1. The second kappa shape index (κ2) is 6.61. The van der Waals surface area contributed by atoms with Crippen LogP contribution >= 0.6 is 11.6 Å². The Morgan fingerprint density at radius 2 is 1.90 bits per heavy atom. The zero-order valence-corrected chi connectivity index (χ0v) is 12.4. The van der Waals surface area contributed by atoms with E-state index in [0.717, 1.165) is 0 Å². The third kappa shape index (κ3) is 5.48. The van der Waals surface area contributed by atoms with Crippen molar-refractivity contribution in [2.45, 2.75) is 38.8 Å². The maximum Gasteiger partial charge on any atom is 0.305 e. The third-order valence-corrected chi connectivity index (χ3v) is 2.80. The van der Waals surface area contributed by atoms with Crippen molar-refractivity contribution in [1.82, 2.24) is 5.32 Å². The number of carbonyl (C=O) groups is 2. The minimum absolute atomic E-state index is 0.160. The van der Waals surface area contributed by atoms with Gasteiger partial charge in [-0.15, -0.1) is 0 Å². The molecule has 0 saturated carbocycles. The summed E-state index contributed by atoms with van der Waals surface area (Å²) in [6.07, 6.45) is -0.892. The van der Waals surface area contributed by atoms with E-state index < -0.39 is 17.6 Å². The lowest BCUT2D eigenvalue weighted by molar-refractivity contribution is -0.139. The highest BCUT2D eigenvalue weighted by Crippen LogP contribution is 2.17. The van der Waals surface area contributed by atoms with Crippen molar-refractivity contribution in [3.8, 4) is 5.75 Å². The Hall–Kier alpha value is -1.75. The van der Waals surface area contributed by atoms with E-state index in [4.69, 9.17) is 21.4 Å². The van der Waals surface area contributed by atoms with Crippen LogP contribution in [0.3, 0.4) is 0 Å². The first-order chi connectivity index (χ1) is 9.19. The average molecular weight is 300 g/mol. The first-order valence-electron chi connectivity index (χ1n) is 6.16. The number of carbonyl (C=O) groups excluding carboxylic acids is 1. The van der Waals surface area contributed by atoms with Crippen LogP contribution in [0.15, 0.2) is 24.3 Å². The van der Waals surface area contributed by atoms with E-state index in [1.807, 2.05) is 0 Å². The Morgan fingerprint density at radius 1 is 1.35 bits per heavy atom. The van der Waals surface area contributed by atoms with Crippen LogP contribution in [0.5, 0.6) is 5.75 Å². The maximum atomic E-state index is 12.0. The lowest BCUT2D eigenvalue weighted by Crippen LogP contribution is -2.49. The average Bonchev–Trinajstić information content (AvgIpc) is 2.29. The van der Waals surface area contributed by atoms with Gasteiger partial charge >= 0.3 is 5.97 Å². The van der Waals surface area contributed by atoms with E-state index in [-0.39, 0.29) is 12.3 Å². The van der Waals surface area contributed by atoms with Crippen LogP contribution in [0.2, 0.25) is 5.02 Å². The Balaban J connectivity index is 2.58. The normalized spacial score (nSPS) is 12.6. The van der Waals surface area contributed by atoms with Crippen molar-refractivity contribution < 1.29 is 19.4 Å². The highest BCUT2D eigenvalue weighted by atomic mass is 35.5. The minimum atomic E-state index is -0.971. The summed E-state index contributed by atoms with van der Waals surface area (Å²) in [4.78, 5) is 22.7. The molecule has 20 heavy (non-hydrogen) atoms. The lowest BCUT2D eigenvalue weighted by Gasteiger charge is -2.26. The van der Waals surface area contributed by atoms with Gasteiger partial charge in [0.05, 0.1) is 6.42 Å². The molecule has 0 fully saturated rings. The van der Waals surface area contributed by atoms with Gasteiger partial charge < -0.3 is 15.2 Å². The van der Waals surface area contributed by atoms with Crippen LogP contribution in [0.25, 0.3) is 0 Å². The Morgan fingerprint density at radius 3 is 2.40 bits per heavy atom. The van der Waals surface area contributed by atoms with Crippen LogP contribution in [0.1, 0.15) is 27.2 Å². The molecule has 0 aliphatic heterocycles. The van der Waals surface area contributed by atoms with Crippen molar-refractivity contribution >= 4 is 23.5 Å². The minimum Gasteiger partial charge on any atom is -0.481 e. The number of carboxylic acid groups (broad SMARTS) is 1. The van der Waals surface area contributed by atoms with E-state index in [2.05, 4.69) is 5.32 Å². The molecule has 110 valence electrons. The molecule has 1 amide bonds. The van der Waals surface area contributed by atoms with E-state index >= 15 is 0 Å². The molecule has 0 aromatic heterocycles. The van der Waals surface area contributed by atoms with Gasteiger partial charge in [0.25, 0.3) is 5.91 Å². The second-order valence-corrected chi connectivity index (χ2v) is 5.59. The molecule has 2 N–H and O–H groups in total. The molecule has 6 heteroatoms. The highest BCUT2D eigenvalue weighted by molar-refractivity contribution is 6.30. The molecule has 0 bridgehead atoms. The lowest BCUT2D eigenvalue weighted by atomic mass is 10.0. The second-order valence-electron chi connectivity index (χ2n) is 5.16. The van der Waals surface area contributed by atoms with Crippen LogP contribution in [0, 0.1) is 0 Å². The predicted octanol–water partition coefficient (Wildman–Crippen LogP) is 2.48. The number of aliphatic carboxylic acids is 1. The van der Waals surface area contributed by atoms with Gasteiger partial charge in [-0.2, -0.15) is 0 Å². The van der Waals surface area contributed by atoms with Crippen molar-refractivity contribution in [2.24, 2.45) is 0 Å². The van der Waals surface area contributed by atoms with Crippen molar-refractivity contribution in [3.05, 3.63) is 29.3 Å². The van der Waals surface area contributed by atoms with Gasteiger partial charge in [0.15, 0.2) is 6.10 Å². The Labute approximate surface area is 122 Å². The van der Waals surface area contributed by atoms with Gasteiger partial charge in [-0.3, -0.25) is 9.59 Å². The number of halogens is 1. The Kier molecular flexibility index (Phi) is 5.39. The number of rotatable bonds is 6. The molecule has 0 aliphatic carbocycles. The summed E-state index contributed by atoms with van der Waals surface area (Å²) in [6, 6.07) is 6.65. The molecule has 0 saturated heterocycles. The summed E-state index contributed by atoms with van der Waals surface area (Å²) in [6.45, 7) is 4.89. The van der Waals surface area contributed by atoms with Gasteiger partial charge in [0, 0.05) is 10.6 Å². The van der Waals surface area contributed by atoms with Crippen LogP contribution in [0.4, 0.5) is 0 Å². The van der Waals surface area contributed by atoms with E-state index in [9.17, 15) is 9.59 Å². The number of benzene rings is 1. The van der Waals surface area contributed by atoms with E-state index in [1.165, 1.54) is 0 Å². The van der Waals surface area contributed by atoms with Crippen LogP contribution < -0.4 is 10.1 Å². The summed E-state index contributed by atoms with van der Waals surface area (Å²) in [5.74, 6) is -0.819. The molecule has 0 heterocycles. The summed E-state index contributed by atoms with van der Waals surface area (Å²) in [5, 5.41) is 12.0. The zero-order valence-electron chi connectivity index (χ0n) is 11.6. The topological polar surface area (TPSA) is 75.6 Å². The molecule has 0 radical (unpaired) electrons. The zero-order chi connectivity index (χ0) is 15.3. The van der Waals surface area contributed by atoms with Gasteiger partial charge in [0.2, 0.25) is 0 Å². The smallest absolute Gasteiger partial charge is 0.305 e. The molecule has 1 unspecified atom stereocenters. The first kappa shape index (κ1) is 16.3. The number of hydrogen-bond acceptors (Lipinski definition) is 3. The fraction of sp³-hybridized carbons (Fsp3) is 0.429. The van der Waals surface area contributed by atoms with E-state index in [0.29, 0.717) is 10.8 Å². The van der Waals surface area contributed by atoms with Gasteiger partial charge in [0.1, 0.15) is 5.75 Å². The van der Waals surface area contributed by atoms with Crippen LogP contribution in [-0.4, -0.2) is 28.6 Å². The largest absolute Gasteiger partial charge is 0.481 e. The maximum absolute atomic E-state index is 12.0. The van der Waals surface area contributed by atoms with Crippen molar-refractivity contribution in [2.75, 3.05) is 0 Å². The van der Waals surface area contributed by atoms with Crippen molar-refractivity contribution in [1.29, 1.82) is 0 Å². The summed E-state index contributed by atoms with van der Waals surface area (Å²) >= 11 is 5.76. The SMILES string of the molecule is CC(Oc1ccc(Cl)cc1)C(=O)NC(C)(C)CC(=O)O. The number of amides is 1. The number of ether oxygens (including phenoxy) is 1. The molecule has 1 rings (SSSR count).